The summed E-state index contributed by atoms with van der Waals surface area (Å²) in [6, 6.07) is 4.22. The second-order valence-electron chi connectivity index (χ2n) is 7.14. The van der Waals surface area contributed by atoms with Crippen molar-refractivity contribution in [3.8, 4) is 0 Å². The molecule has 0 aromatic heterocycles. The first-order valence-electron chi connectivity index (χ1n) is 9.68. The summed E-state index contributed by atoms with van der Waals surface area (Å²) in [6.45, 7) is 1.42. The summed E-state index contributed by atoms with van der Waals surface area (Å²) in [6.07, 6.45) is 4.18. The number of hydrogen-bond donors (Lipinski definition) is 1. The molecular weight excluding hydrogens is 374 g/mol. The fraction of sp³-hybridized carbons (Fsp3) is 0.476. The van der Waals surface area contributed by atoms with Crippen LogP contribution in [0.3, 0.4) is 0 Å². The minimum Gasteiger partial charge on any atom is -0.371 e. The van der Waals surface area contributed by atoms with Crippen molar-refractivity contribution >= 4 is 36.4 Å². The van der Waals surface area contributed by atoms with Crippen molar-refractivity contribution in [2.45, 2.75) is 31.7 Å². The number of nitrogens with one attached hydrogen (secondary N) is 1. The molecule has 8 nitrogen and oxygen atoms in total. The number of nitrogens with zero attached hydrogens (tertiary/aromatic N) is 2. The summed E-state index contributed by atoms with van der Waals surface area (Å²) in [5, 5.41) is 2.50. The van der Waals surface area contributed by atoms with Crippen LogP contribution < -0.4 is 10.2 Å². The number of anilines is 1. The van der Waals surface area contributed by atoms with Gasteiger partial charge in [0.1, 0.15) is 18.6 Å². The van der Waals surface area contributed by atoms with Gasteiger partial charge in [0.25, 0.3) is 5.91 Å². The number of benzene rings is 1. The summed E-state index contributed by atoms with van der Waals surface area (Å²) in [4.78, 5) is 61.7. The molecule has 1 aromatic carbocycles. The lowest BCUT2D eigenvalue weighted by atomic mass is 9.97. The molecule has 1 aliphatic heterocycles. The highest BCUT2D eigenvalue weighted by atomic mass is 16.2. The van der Waals surface area contributed by atoms with Crippen LogP contribution in [0.5, 0.6) is 0 Å². The fourth-order valence-electron chi connectivity index (χ4n) is 3.56. The number of aldehydes is 3. The molecule has 0 radical (unpaired) electrons. The Hall–Kier alpha value is -3.03. The van der Waals surface area contributed by atoms with Crippen LogP contribution in [0, 0.1) is 5.92 Å². The Bertz CT molecular complexity index is 772. The van der Waals surface area contributed by atoms with E-state index in [-0.39, 0.29) is 35.8 Å². The van der Waals surface area contributed by atoms with Crippen LogP contribution in [0.4, 0.5) is 5.69 Å². The van der Waals surface area contributed by atoms with Crippen molar-refractivity contribution < 1.29 is 24.0 Å². The lowest BCUT2D eigenvalue weighted by molar-refractivity contribution is -0.125. The molecule has 1 fully saturated rings. The maximum absolute atomic E-state index is 13.0. The number of amides is 2. The standard InChI is InChI=1S/C21H27N3O5/c1-22-20(28)19(4-3-11-25)23(2)21(29)18-6-5-17(12-16(18)14-27)24-9-7-15(13-26)8-10-24/h5-6,11-15,19H,3-4,7-10H2,1-2H3,(H,22,28). The van der Waals surface area contributed by atoms with Crippen molar-refractivity contribution in [3.63, 3.8) is 0 Å². The molecule has 1 N–H and O–H groups in total. The van der Waals surface area contributed by atoms with Gasteiger partial charge in [0.2, 0.25) is 5.91 Å². The van der Waals surface area contributed by atoms with Gasteiger partial charge in [-0.15, -0.1) is 0 Å². The Morgan fingerprint density at radius 1 is 1.24 bits per heavy atom. The van der Waals surface area contributed by atoms with Crippen LogP contribution in [0.1, 0.15) is 46.4 Å². The molecule has 1 atom stereocenters. The molecule has 2 rings (SSSR count). The van der Waals surface area contributed by atoms with Gasteiger partial charge in [-0.05, 0) is 37.5 Å². The Morgan fingerprint density at radius 3 is 2.48 bits per heavy atom. The lowest BCUT2D eigenvalue weighted by Gasteiger charge is -2.32. The zero-order valence-corrected chi connectivity index (χ0v) is 16.8. The van der Waals surface area contributed by atoms with E-state index in [0.717, 1.165) is 24.8 Å². The summed E-state index contributed by atoms with van der Waals surface area (Å²) in [5.74, 6) is -0.762. The lowest BCUT2D eigenvalue weighted by Crippen LogP contribution is -2.47. The molecule has 1 aliphatic rings. The topological polar surface area (TPSA) is 104 Å². The molecule has 8 heteroatoms. The molecule has 2 amide bonds. The largest absolute Gasteiger partial charge is 0.371 e. The number of carbonyl (C=O) groups excluding carboxylic acids is 5. The maximum atomic E-state index is 13.0. The fourth-order valence-corrected chi connectivity index (χ4v) is 3.56. The molecular formula is C21H27N3O5. The normalized spacial score (nSPS) is 15.3. The van der Waals surface area contributed by atoms with Crippen LogP contribution in [-0.2, 0) is 14.4 Å². The van der Waals surface area contributed by atoms with Gasteiger partial charge in [-0.2, -0.15) is 0 Å². The van der Waals surface area contributed by atoms with Gasteiger partial charge in [-0.1, -0.05) is 0 Å². The summed E-state index contributed by atoms with van der Waals surface area (Å²) in [5.41, 5.74) is 1.26. The predicted molar refractivity (Wildman–Crippen MR) is 108 cm³/mol. The number of carbonyl (C=O) groups is 5. The van der Waals surface area contributed by atoms with Gasteiger partial charge in [0.05, 0.1) is 5.56 Å². The average molecular weight is 401 g/mol. The zero-order valence-electron chi connectivity index (χ0n) is 16.8. The molecule has 1 aromatic rings. The number of piperidine rings is 1. The second-order valence-corrected chi connectivity index (χ2v) is 7.14. The highest BCUT2D eigenvalue weighted by molar-refractivity contribution is 6.03. The van der Waals surface area contributed by atoms with Gasteiger partial charge in [-0.3, -0.25) is 14.4 Å². The van der Waals surface area contributed by atoms with Crippen molar-refractivity contribution in [1.82, 2.24) is 10.2 Å². The highest BCUT2D eigenvalue weighted by Crippen LogP contribution is 2.25. The van der Waals surface area contributed by atoms with Crippen LogP contribution in [-0.4, -0.2) is 68.8 Å². The van der Waals surface area contributed by atoms with E-state index < -0.39 is 11.9 Å². The van der Waals surface area contributed by atoms with Crippen LogP contribution in [0.25, 0.3) is 0 Å². The van der Waals surface area contributed by atoms with Crippen molar-refractivity contribution in [2.75, 3.05) is 32.1 Å². The number of rotatable bonds is 9. The van der Waals surface area contributed by atoms with E-state index >= 15 is 0 Å². The Labute approximate surface area is 170 Å². The van der Waals surface area contributed by atoms with E-state index in [0.29, 0.717) is 25.7 Å². The smallest absolute Gasteiger partial charge is 0.255 e. The predicted octanol–water partition coefficient (Wildman–Crippen LogP) is 1.08. The van der Waals surface area contributed by atoms with Crippen molar-refractivity contribution in [3.05, 3.63) is 29.3 Å². The maximum Gasteiger partial charge on any atom is 0.255 e. The first-order chi connectivity index (χ1) is 14.0. The number of hydrogen-bond acceptors (Lipinski definition) is 6. The molecule has 156 valence electrons. The SMILES string of the molecule is CNC(=O)C(CCC=O)N(C)C(=O)c1ccc(N2CCC(C=O)CC2)cc1C=O. The molecule has 29 heavy (non-hydrogen) atoms. The van der Waals surface area contributed by atoms with E-state index in [1.807, 2.05) is 0 Å². The van der Waals surface area contributed by atoms with Crippen LogP contribution in [0.15, 0.2) is 18.2 Å². The first-order valence-corrected chi connectivity index (χ1v) is 9.68. The molecule has 0 aliphatic carbocycles. The van der Waals surface area contributed by atoms with E-state index in [2.05, 4.69) is 10.2 Å². The quantitative estimate of drug-likeness (QED) is 0.621. The molecule has 1 saturated heterocycles. The Balaban J connectivity index is 2.23. The van der Waals surface area contributed by atoms with Crippen LogP contribution >= 0.6 is 0 Å². The van der Waals surface area contributed by atoms with E-state index in [1.54, 1.807) is 18.2 Å². The van der Waals surface area contributed by atoms with E-state index in [4.69, 9.17) is 0 Å². The van der Waals surface area contributed by atoms with Gasteiger partial charge < -0.3 is 24.7 Å². The van der Waals surface area contributed by atoms with Gasteiger partial charge in [0, 0.05) is 50.8 Å². The second kappa shape index (κ2) is 10.5. The highest BCUT2D eigenvalue weighted by Gasteiger charge is 2.28. The van der Waals surface area contributed by atoms with Crippen molar-refractivity contribution in [1.29, 1.82) is 0 Å². The molecule has 1 heterocycles. The van der Waals surface area contributed by atoms with E-state index in [9.17, 15) is 24.0 Å². The van der Waals surface area contributed by atoms with Crippen molar-refractivity contribution in [2.24, 2.45) is 5.92 Å². The zero-order chi connectivity index (χ0) is 21.4. The van der Waals surface area contributed by atoms with Gasteiger partial charge in [0.15, 0.2) is 6.29 Å². The molecule has 0 bridgehead atoms. The third-order valence-electron chi connectivity index (χ3n) is 5.38. The average Bonchev–Trinajstić information content (AvgIpc) is 2.77. The monoisotopic (exact) mass is 401 g/mol. The molecule has 0 saturated carbocycles. The minimum absolute atomic E-state index is 0.0688. The van der Waals surface area contributed by atoms with E-state index in [1.165, 1.54) is 19.0 Å². The summed E-state index contributed by atoms with van der Waals surface area (Å²) < 4.78 is 0. The minimum atomic E-state index is -0.806. The van der Waals surface area contributed by atoms with Crippen LogP contribution in [0.2, 0.25) is 0 Å². The summed E-state index contributed by atoms with van der Waals surface area (Å²) >= 11 is 0. The molecule has 1 unspecified atom stereocenters. The summed E-state index contributed by atoms with van der Waals surface area (Å²) in [7, 11) is 2.95. The van der Waals surface area contributed by atoms with Gasteiger partial charge >= 0.3 is 0 Å². The third kappa shape index (κ3) is 5.28. The third-order valence-corrected chi connectivity index (χ3v) is 5.38. The molecule has 0 spiro atoms. The van der Waals surface area contributed by atoms with Gasteiger partial charge in [-0.25, -0.2) is 0 Å². The first kappa shape index (κ1) is 22.3. The number of likely N-dealkylation sites (N-methyl/N-ethyl adjacent to an activating group) is 2. The Morgan fingerprint density at radius 2 is 1.93 bits per heavy atom. The Kier molecular flexibility index (Phi) is 8.06.